The Morgan fingerprint density at radius 1 is 1.78 bits per heavy atom. The molecule has 0 aromatic carbocycles. The molecule has 0 rings (SSSR count). The molecular weight excluding hydrogens is 163 g/mol. The van der Waals surface area contributed by atoms with E-state index in [1.807, 2.05) is 0 Å². The summed E-state index contributed by atoms with van der Waals surface area (Å²) in [6.45, 7) is 2.06. The number of hydrogen-bond donors (Lipinski definition) is 0. The van der Waals surface area contributed by atoms with E-state index in [0.717, 1.165) is 0 Å². The average molecular weight is 171 g/mol. The van der Waals surface area contributed by atoms with Crippen molar-refractivity contribution in [3.8, 4) is 0 Å². The van der Waals surface area contributed by atoms with Crippen LogP contribution in [0.5, 0.6) is 0 Å². The first-order chi connectivity index (χ1) is 4.22. The summed E-state index contributed by atoms with van der Waals surface area (Å²) in [5.74, 6) is -0.352. The van der Waals surface area contributed by atoms with Crippen molar-refractivity contribution in [2.45, 2.75) is 12.3 Å². The average Bonchev–Trinajstić information content (AvgIpc) is 1.87. The Kier molecular flexibility index (Phi) is 4.91. The minimum absolute atomic E-state index is 0.0976. The van der Waals surface area contributed by atoms with Crippen LogP contribution in [0.3, 0.4) is 0 Å². The van der Waals surface area contributed by atoms with Crippen LogP contribution < -0.4 is 0 Å². The molecule has 4 heteroatoms. The second kappa shape index (κ2) is 4.89. The fraction of sp³-hybridized carbons (Fsp3) is 0.800. The summed E-state index contributed by atoms with van der Waals surface area (Å²) >= 11 is 10.6. The summed E-state index contributed by atoms with van der Waals surface area (Å²) in [6.07, 6.45) is 0. The molecule has 54 valence electrons. The minimum atomic E-state index is -0.702. The SMILES string of the molecule is CCOC(=O)[C@@H](Cl)CCl. The monoisotopic (exact) mass is 170 g/mol. The number of carbonyl (C=O) groups is 1. The molecule has 0 aliphatic heterocycles. The van der Waals surface area contributed by atoms with Crippen LogP contribution in [0.1, 0.15) is 6.92 Å². The number of carbonyl (C=O) groups excluding carboxylic acids is 1. The van der Waals surface area contributed by atoms with Crippen molar-refractivity contribution >= 4 is 29.2 Å². The van der Waals surface area contributed by atoms with Crippen LogP contribution in [0.2, 0.25) is 0 Å². The summed E-state index contributed by atoms with van der Waals surface area (Å²) in [4.78, 5) is 10.5. The Hall–Kier alpha value is 0.0500. The van der Waals surface area contributed by atoms with Gasteiger partial charge in [-0.05, 0) is 6.92 Å². The number of hydrogen-bond acceptors (Lipinski definition) is 2. The Balaban J connectivity index is 3.46. The molecule has 0 saturated carbocycles. The molecule has 0 amide bonds. The van der Waals surface area contributed by atoms with Crippen LogP contribution in [0, 0.1) is 0 Å². The lowest BCUT2D eigenvalue weighted by Crippen LogP contribution is -2.18. The Bertz CT molecular complexity index is 95.0. The molecule has 2 nitrogen and oxygen atoms in total. The molecule has 9 heavy (non-hydrogen) atoms. The molecule has 0 unspecified atom stereocenters. The Morgan fingerprint density at radius 2 is 2.33 bits per heavy atom. The van der Waals surface area contributed by atoms with E-state index in [2.05, 4.69) is 4.74 Å². The van der Waals surface area contributed by atoms with E-state index in [9.17, 15) is 4.79 Å². The van der Waals surface area contributed by atoms with Gasteiger partial charge in [-0.1, -0.05) is 0 Å². The Labute approximate surface area is 64.1 Å². The first-order valence-electron chi connectivity index (χ1n) is 2.59. The molecule has 0 aliphatic carbocycles. The van der Waals surface area contributed by atoms with Crippen molar-refractivity contribution in [3.63, 3.8) is 0 Å². The number of halogens is 2. The molecule has 0 aliphatic rings. The third kappa shape index (κ3) is 3.60. The fourth-order valence-electron chi connectivity index (χ4n) is 0.296. The standard InChI is InChI=1S/C5H8Cl2O2/c1-2-9-5(8)4(7)3-6/h4H,2-3H2,1H3/t4-/m0/s1. The van der Waals surface area contributed by atoms with Crippen LogP contribution >= 0.6 is 23.2 Å². The normalized spacial score (nSPS) is 12.8. The Morgan fingerprint density at radius 3 is 2.67 bits per heavy atom. The summed E-state index contributed by atoms with van der Waals surface area (Å²) in [7, 11) is 0. The smallest absolute Gasteiger partial charge is 0.325 e. The third-order valence-corrected chi connectivity index (χ3v) is 1.48. The molecule has 0 spiro atoms. The van der Waals surface area contributed by atoms with Gasteiger partial charge in [0.05, 0.1) is 6.61 Å². The maximum absolute atomic E-state index is 10.5. The summed E-state index contributed by atoms with van der Waals surface area (Å²) < 4.78 is 4.54. The molecule has 0 aromatic rings. The zero-order valence-electron chi connectivity index (χ0n) is 5.06. The van der Waals surface area contributed by atoms with Gasteiger partial charge in [-0.3, -0.25) is 4.79 Å². The van der Waals surface area contributed by atoms with Gasteiger partial charge in [-0.15, -0.1) is 23.2 Å². The molecule has 0 radical (unpaired) electrons. The van der Waals surface area contributed by atoms with Crippen molar-refractivity contribution in [3.05, 3.63) is 0 Å². The molecule has 0 aromatic heterocycles. The molecule has 0 heterocycles. The zero-order valence-corrected chi connectivity index (χ0v) is 6.58. The van der Waals surface area contributed by atoms with Gasteiger partial charge in [0.25, 0.3) is 0 Å². The second-order valence-electron chi connectivity index (χ2n) is 1.37. The highest BCUT2D eigenvalue weighted by Gasteiger charge is 2.13. The predicted molar refractivity (Wildman–Crippen MR) is 37.0 cm³/mol. The summed E-state index contributed by atoms with van der Waals surface area (Å²) in [6, 6.07) is 0. The highest BCUT2D eigenvalue weighted by Crippen LogP contribution is 2.00. The molecule has 0 fully saturated rings. The van der Waals surface area contributed by atoms with Crippen molar-refractivity contribution in [1.82, 2.24) is 0 Å². The molecule has 1 atom stereocenters. The lowest BCUT2D eigenvalue weighted by molar-refractivity contribution is -0.142. The van der Waals surface area contributed by atoms with Crippen LogP contribution in [0.4, 0.5) is 0 Å². The topological polar surface area (TPSA) is 26.3 Å². The summed E-state index contributed by atoms with van der Waals surface area (Å²) in [5, 5.41) is -0.702. The maximum atomic E-state index is 10.5. The third-order valence-electron chi connectivity index (χ3n) is 0.678. The van der Waals surface area contributed by atoms with E-state index in [0.29, 0.717) is 6.61 Å². The van der Waals surface area contributed by atoms with E-state index in [1.165, 1.54) is 0 Å². The van der Waals surface area contributed by atoms with E-state index >= 15 is 0 Å². The van der Waals surface area contributed by atoms with E-state index in [4.69, 9.17) is 23.2 Å². The van der Waals surface area contributed by atoms with Crippen LogP contribution in [0.15, 0.2) is 0 Å². The number of rotatable bonds is 3. The molecular formula is C5H8Cl2O2. The van der Waals surface area contributed by atoms with Crippen molar-refractivity contribution < 1.29 is 9.53 Å². The van der Waals surface area contributed by atoms with Gasteiger partial charge in [0, 0.05) is 5.88 Å². The van der Waals surface area contributed by atoms with Crippen molar-refractivity contribution in [2.24, 2.45) is 0 Å². The zero-order chi connectivity index (χ0) is 7.28. The largest absolute Gasteiger partial charge is 0.465 e. The van der Waals surface area contributed by atoms with E-state index in [1.54, 1.807) is 6.92 Å². The van der Waals surface area contributed by atoms with Gasteiger partial charge in [0.2, 0.25) is 0 Å². The van der Waals surface area contributed by atoms with Gasteiger partial charge in [-0.25, -0.2) is 0 Å². The van der Waals surface area contributed by atoms with Crippen LogP contribution in [0.25, 0.3) is 0 Å². The number of alkyl halides is 2. The second-order valence-corrected chi connectivity index (χ2v) is 2.21. The highest BCUT2D eigenvalue weighted by molar-refractivity contribution is 6.35. The lowest BCUT2D eigenvalue weighted by atomic mass is 10.5. The van der Waals surface area contributed by atoms with Crippen LogP contribution in [-0.2, 0) is 9.53 Å². The van der Waals surface area contributed by atoms with E-state index < -0.39 is 11.3 Å². The van der Waals surface area contributed by atoms with Gasteiger partial charge >= 0.3 is 5.97 Å². The highest BCUT2D eigenvalue weighted by atomic mass is 35.5. The van der Waals surface area contributed by atoms with Gasteiger partial charge in [-0.2, -0.15) is 0 Å². The van der Waals surface area contributed by atoms with E-state index in [-0.39, 0.29) is 5.88 Å². The molecule has 0 saturated heterocycles. The fourth-order valence-corrected chi connectivity index (χ4v) is 0.485. The minimum Gasteiger partial charge on any atom is -0.465 e. The first kappa shape index (κ1) is 9.05. The first-order valence-corrected chi connectivity index (χ1v) is 3.56. The molecule has 0 bridgehead atoms. The summed E-state index contributed by atoms with van der Waals surface area (Å²) in [5.41, 5.74) is 0. The molecule has 0 N–H and O–H groups in total. The number of esters is 1. The van der Waals surface area contributed by atoms with Gasteiger partial charge in [0.15, 0.2) is 0 Å². The van der Waals surface area contributed by atoms with Crippen LogP contribution in [-0.4, -0.2) is 23.8 Å². The number of ether oxygens (including phenoxy) is 1. The quantitative estimate of drug-likeness (QED) is 0.473. The maximum Gasteiger partial charge on any atom is 0.325 e. The van der Waals surface area contributed by atoms with Gasteiger partial charge < -0.3 is 4.74 Å². The lowest BCUT2D eigenvalue weighted by Gasteiger charge is -2.02. The van der Waals surface area contributed by atoms with Crippen molar-refractivity contribution in [2.75, 3.05) is 12.5 Å². The van der Waals surface area contributed by atoms with Gasteiger partial charge in [0.1, 0.15) is 5.38 Å². The predicted octanol–water partition coefficient (Wildman–Crippen LogP) is 1.40. The van der Waals surface area contributed by atoms with Crippen molar-refractivity contribution in [1.29, 1.82) is 0 Å².